The second-order valence-electron chi connectivity index (χ2n) is 5.05. The Labute approximate surface area is 132 Å². The zero-order valence-corrected chi connectivity index (χ0v) is 12.2. The maximum absolute atomic E-state index is 13.7. The van der Waals surface area contributed by atoms with E-state index >= 15 is 0 Å². The third-order valence-corrected chi connectivity index (χ3v) is 3.61. The van der Waals surface area contributed by atoms with Crippen LogP contribution in [0.4, 0.5) is 23.2 Å². The molecule has 3 rings (SSSR count). The van der Waals surface area contributed by atoms with Gasteiger partial charge in [0.15, 0.2) is 0 Å². The molecule has 0 aromatic carbocycles. The topological polar surface area (TPSA) is 80.0 Å². The summed E-state index contributed by atoms with van der Waals surface area (Å²) in [4.78, 5) is 17.2. The molecule has 0 saturated carbocycles. The van der Waals surface area contributed by atoms with Gasteiger partial charge in [-0.05, 0) is 10.4 Å². The first kappa shape index (κ1) is 16.1. The molecule has 12 heteroatoms. The average Bonchev–Trinajstić information content (AvgIpc) is 3.07. The van der Waals surface area contributed by atoms with Crippen molar-refractivity contribution in [1.82, 2.24) is 30.1 Å². The van der Waals surface area contributed by atoms with Crippen LogP contribution in [-0.4, -0.2) is 62.2 Å². The highest BCUT2D eigenvalue weighted by Gasteiger charge is 2.29. The fraction of sp³-hybridized carbons (Fsp3) is 0.417. The molecular formula is C12H11F4N7O. The quantitative estimate of drug-likeness (QED) is 0.574. The zero-order valence-electron chi connectivity index (χ0n) is 12.2. The summed E-state index contributed by atoms with van der Waals surface area (Å²) in [6, 6.07) is 0. The van der Waals surface area contributed by atoms with E-state index in [1.807, 2.05) is 0 Å². The summed E-state index contributed by atoms with van der Waals surface area (Å²) in [6.45, 7) is 0.210. The molecule has 1 amide bonds. The van der Waals surface area contributed by atoms with Crippen molar-refractivity contribution in [3.05, 3.63) is 29.9 Å². The Morgan fingerprint density at radius 1 is 1.04 bits per heavy atom. The van der Waals surface area contributed by atoms with Crippen LogP contribution < -0.4 is 4.90 Å². The molecule has 0 radical (unpaired) electrons. The van der Waals surface area contributed by atoms with Gasteiger partial charge >= 0.3 is 0 Å². The van der Waals surface area contributed by atoms with Crippen LogP contribution in [0.2, 0.25) is 0 Å². The third-order valence-electron chi connectivity index (χ3n) is 3.61. The van der Waals surface area contributed by atoms with E-state index in [1.54, 1.807) is 0 Å². The number of pyridine rings is 1. The lowest BCUT2D eigenvalue weighted by molar-refractivity contribution is -0.132. The molecule has 1 saturated heterocycles. The first-order valence-corrected chi connectivity index (χ1v) is 6.91. The second kappa shape index (κ2) is 6.37. The fourth-order valence-corrected chi connectivity index (χ4v) is 2.42. The van der Waals surface area contributed by atoms with Crippen molar-refractivity contribution in [3.8, 4) is 0 Å². The van der Waals surface area contributed by atoms with Gasteiger partial charge in [0.25, 0.3) is 11.9 Å². The van der Waals surface area contributed by atoms with Crippen molar-refractivity contribution in [2.75, 3.05) is 31.1 Å². The highest BCUT2D eigenvalue weighted by molar-refractivity contribution is 5.76. The summed E-state index contributed by atoms with van der Waals surface area (Å²) in [5.41, 5.74) is -0.812. The summed E-state index contributed by atoms with van der Waals surface area (Å²) < 4.78 is 55.1. The lowest BCUT2D eigenvalue weighted by atomic mass is 10.2. The van der Waals surface area contributed by atoms with Gasteiger partial charge in [0, 0.05) is 26.2 Å². The van der Waals surface area contributed by atoms with Crippen LogP contribution in [-0.2, 0) is 11.3 Å². The minimum Gasteiger partial charge on any atom is -0.363 e. The van der Waals surface area contributed by atoms with Gasteiger partial charge in [-0.25, -0.2) is 4.68 Å². The highest BCUT2D eigenvalue weighted by Crippen LogP contribution is 2.27. The van der Waals surface area contributed by atoms with Crippen LogP contribution in [0.25, 0.3) is 0 Å². The number of carbonyl (C=O) groups excluding carboxylic acids is 1. The maximum Gasteiger partial charge on any atom is 0.253 e. The van der Waals surface area contributed by atoms with Crippen molar-refractivity contribution < 1.29 is 22.4 Å². The molecule has 0 spiro atoms. The Morgan fingerprint density at radius 3 is 2.21 bits per heavy atom. The van der Waals surface area contributed by atoms with Crippen LogP contribution in [0.3, 0.4) is 0 Å². The first-order chi connectivity index (χ1) is 11.5. The molecule has 1 aliphatic rings. The Bertz CT molecular complexity index is 720. The molecule has 0 N–H and O–H groups in total. The number of carbonyl (C=O) groups is 1. The molecule has 8 nitrogen and oxygen atoms in total. The molecule has 128 valence electrons. The Kier molecular flexibility index (Phi) is 4.27. The summed E-state index contributed by atoms with van der Waals surface area (Å²) in [5.74, 6) is -6.80. The number of tetrazole rings is 1. The molecule has 1 fully saturated rings. The van der Waals surface area contributed by atoms with E-state index < -0.39 is 29.2 Å². The SMILES string of the molecule is O=C(Cn1cnnn1)N1CCN(c2c(F)c(F)nc(F)c2F)CC1. The number of nitrogens with zero attached hydrogens (tertiary/aromatic N) is 7. The number of piperazine rings is 1. The molecule has 0 bridgehead atoms. The van der Waals surface area contributed by atoms with E-state index in [9.17, 15) is 22.4 Å². The van der Waals surface area contributed by atoms with Gasteiger partial charge in [-0.1, -0.05) is 0 Å². The van der Waals surface area contributed by atoms with Crippen LogP contribution in [0.1, 0.15) is 0 Å². The minimum atomic E-state index is -1.71. The Balaban J connectivity index is 1.68. The van der Waals surface area contributed by atoms with E-state index in [-0.39, 0.29) is 38.6 Å². The van der Waals surface area contributed by atoms with Crippen molar-refractivity contribution in [1.29, 1.82) is 0 Å². The summed E-state index contributed by atoms with van der Waals surface area (Å²) in [7, 11) is 0. The van der Waals surface area contributed by atoms with Crippen LogP contribution in [0, 0.1) is 23.5 Å². The lowest BCUT2D eigenvalue weighted by Gasteiger charge is -2.36. The first-order valence-electron chi connectivity index (χ1n) is 6.91. The number of hydrogen-bond donors (Lipinski definition) is 0. The van der Waals surface area contributed by atoms with E-state index in [2.05, 4.69) is 20.5 Å². The van der Waals surface area contributed by atoms with E-state index in [0.29, 0.717) is 0 Å². The summed E-state index contributed by atoms with van der Waals surface area (Å²) >= 11 is 0. The van der Waals surface area contributed by atoms with Gasteiger partial charge in [0.2, 0.25) is 17.5 Å². The summed E-state index contributed by atoms with van der Waals surface area (Å²) in [5, 5.41) is 10.4. The Morgan fingerprint density at radius 2 is 1.67 bits per heavy atom. The molecule has 2 aromatic rings. The van der Waals surface area contributed by atoms with E-state index in [1.165, 1.54) is 15.9 Å². The van der Waals surface area contributed by atoms with Gasteiger partial charge in [-0.3, -0.25) is 4.79 Å². The standard InChI is InChI=1S/C12H11F4N7O/c13-8-10(9(14)12(16)18-11(8)15)22-3-1-21(2-4-22)7(24)5-23-6-17-19-20-23/h6H,1-5H2. The Hall–Kier alpha value is -2.79. The molecule has 24 heavy (non-hydrogen) atoms. The lowest BCUT2D eigenvalue weighted by Crippen LogP contribution is -2.50. The number of rotatable bonds is 3. The normalized spacial score (nSPS) is 15.0. The summed E-state index contributed by atoms with van der Waals surface area (Å²) in [6.07, 6.45) is 1.28. The molecule has 0 aliphatic carbocycles. The highest BCUT2D eigenvalue weighted by atomic mass is 19.2. The second-order valence-corrected chi connectivity index (χ2v) is 5.05. The van der Waals surface area contributed by atoms with Crippen LogP contribution >= 0.6 is 0 Å². The predicted molar refractivity (Wildman–Crippen MR) is 70.7 cm³/mol. The minimum absolute atomic E-state index is 0.0120. The van der Waals surface area contributed by atoms with Crippen molar-refractivity contribution >= 4 is 11.6 Å². The largest absolute Gasteiger partial charge is 0.363 e. The monoisotopic (exact) mass is 345 g/mol. The zero-order chi connectivity index (χ0) is 17.3. The molecule has 2 aromatic heterocycles. The van der Waals surface area contributed by atoms with Crippen LogP contribution in [0.5, 0.6) is 0 Å². The number of hydrogen-bond acceptors (Lipinski definition) is 6. The van der Waals surface area contributed by atoms with Gasteiger partial charge < -0.3 is 9.80 Å². The molecule has 3 heterocycles. The number of aromatic nitrogens is 5. The molecule has 0 unspecified atom stereocenters. The van der Waals surface area contributed by atoms with Crippen molar-refractivity contribution in [2.24, 2.45) is 0 Å². The van der Waals surface area contributed by atoms with E-state index in [0.717, 1.165) is 4.90 Å². The van der Waals surface area contributed by atoms with Gasteiger partial charge in [0.05, 0.1) is 0 Å². The molecule has 0 atom stereocenters. The fourth-order valence-electron chi connectivity index (χ4n) is 2.42. The molecular weight excluding hydrogens is 334 g/mol. The van der Waals surface area contributed by atoms with Gasteiger partial charge in [-0.15, -0.1) is 5.10 Å². The average molecular weight is 345 g/mol. The van der Waals surface area contributed by atoms with E-state index in [4.69, 9.17) is 0 Å². The van der Waals surface area contributed by atoms with Crippen LogP contribution in [0.15, 0.2) is 6.33 Å². The van der Waals surface area contributed by atoms with Crippen molar-refractivity contribution in [3.63, 3.8) is 0 Å². The predicted octanol–water partition coefficient (Wildman–Crippen LogP) is -0.0267. The van der Waals surface area contributed by atoms with Gasteiger partial charge in [-0.2, -0.15) is 22.5 Å². The number of amides is 1. The number of halogens is 4. The van der Waals surface area contributed by atoms with Gasteiger partial charge in [0.1, 0.15) is 18.6 Å². The third kappa shape index (κ3) is 2.98. The smallest absolute Gasteiger partial charge is 0.253 e. The molecule has 1 aliphatic heterocycles. The van der Waals surface area contributed by atoms with Crippen molar-refractivity contribution in [2.45, 2.75) is 6.54 Å². The maximum atomic E-state index is 13.7. The number of anilines is 1.